The van der Waals surface area contributed by atoms with E-state index in [0.717, 1.165) is 11.3 Å². The largest absolute Gasteiger partial charge is 0.302 e. The number of nitrogens with zero attached hydrogens (tertiary/aromatic N) is 1. The lowest BCUT2D eigenvalue weighted by Gasteiger charge is -2.43. The van der Waals surface area contributed by atoms with Gasteiger partial charge in [-0.15, -0.1) is 0 Å². The lowest BCUT2D eigenvalue weighted by atomic mass is 9.88. The molecule has 0 N–H and O–H groups in total. The number of amides is 1. The molecular weight excluding hydrogens is 302 g/mol. The van der Waals surface area contributed by atoms with Crippen LogP contribution in [0.5, 0.6) is 0 Å². The Morgan fingerprint density at radius 2 is 1.84 bits per heavy atom. The van der Waals surface area contributed by atoms with E-state index >= 15 is 0 Å². The van der Waals surface area contributed by atoms with Crippen LogP contribution in [-0.2, 0) is 4.79 Å². The van der Waals surface area contributed by atoms with Crippen molar-refractivity contribution < 1.29 is 4.79 Å². The first-order chi connectivity index (χ1) is 8.64. The summed E-state index contributed by atoms with van der Waals surface area (Å²) in [5.74, 6) is 0.0775. The van der Waals surface area contributed by atoms with E-state index < -0.39 is 4.32 Å². The van der Waals surface area contributed by atoms with Crippen molar-refractivity contribution in [3.63, 3.8) is 0 Å². The van der Waals surface area contributed by atoms with Crippen molar-refractivity contribution in [1.82, 2.24) is 0 Å². The van der Waals surface area contributed by atoms with E-state index in [0.29, 0.717) is 0 Å². The van der Waals surface area contributed by atoms with Crippen molar-refractivity contribution in [1.29, 1.82) is 0 Å². The van der Waals surface area contributed by atoms with Crippen LogP contribution in [0.3, 0.4) is 0 Å². The van der Waals surface area contributed by atoms with Gasteiger partial charge in [-0.05, 0) is 46.3 Å². The number of rotatable bonds is 1. The number of carbonyl (C=O) groups excluding carboxylic acids is 1. The zero-order chi connectivity index (χ0) is 14.4. The first kappa shape index (κ1) is 14.3. The molecule has 2 rings (SSSR count). The number of anilines is 1. The van der Waals surface area contributed by atoms with Gasteiger partial charge in [0.1, 0.15) is 0 Å². The first-order valence-electron chi connectivity index (χ1n) is 6.47. The number of hydrogen-bond donors (Lipinski definition) is 0. The Bertz CT molecular complexity index is 552. The van der Waals surface area contributed by atoms with Crippen molar-refractivity contribution in [2.24, 2.45) is 0 Å². The molecule has 1 aliphatic rings. The van der Waals surface area contributed by atoms with Gasteiger partial charge in [-0.1, -0.05) is 40.2 Å². The highest BCUT2D eigenvalue weighted by atomic mass is 79.9. The van der Waals surface area contributed by atoms with Crippen LogP contribution in [0.15, 0.2) is 30.3 Å². The molecule has 1 heterocycles. The third kappa shape index (κ3) is 2.48. The van der Waals surface area contributed by atoms with Gasteiger partial charge in [0, 0.05) is 5.56 Å². The molecule has 0 fully saturated rings. The van der Waals surface area contributed by atoms with E-state index in [-0.39, 0.29) is 11.4 Å². The Hall–Kier alpha value is -1.09. The minimum atomic E-state index is -0.573. The number of alkyl halides is 1. The molecule has 0 aromatic heterocycles. The Labute approximate surface area is 123 Å². The van der Waals surface area contributed by atoms with Crippen LogP contribution < -0.4 is 4.90 Å². The van der Waals surface area contributed by atoms with E-state index in [1.165, 1.54) is 5.57 Å². The maximum absolute atomic E-state index is 12.8. The Morgan fingerprint density at radius 3 is 2.42 bits per heavy atom. The topological polar surface area (TPSA) is 20.3 Å². The fourth-order valence-corrected chi connectivity index (χ4v) is 2.80. The van der Waals surface area contributed by atoms with E-state index in [1.807, 2.05) is 36.9 Å². The second-order valence-corrected chi connectivity index (χ2v) is 8.09. The summed E-state index contributed by atoms with van der Waals surface area (Å²) in [7, 11) is 0. The molecule has 0 bridgehead atoms. The lowest BCUT2D eigenvalue weighted by molar-refractivity contribution is -0.120. The monoisotopic (exact) mass is 321 g/mol. The Morgan fingerprint density at radius 1 is 1.26 bits per heavy atom. The maximum atomic E-state index is 12.8. The highest BCUT2D eigenvalue weighted by molar-refractivity contribution is 9.10. The molecule has 102 valence electrons. The van der Waals surface area contributed by atoms with Crippen LogP contribution in [0, 0.1) is 0 Å². The van der Waals surface area contributed by atoms with Gasteiger partial charge < -0.3 is 4.90 Å². The van der Waals surface area contributed by atoms with Crippen LogP contribution in [0.1, 0.15) is 40.2 Å². The van der Waals surface area contributed by atoms with Gasteiger partial charge in [-0.3, -0.25) is 4.79 Å². The van der Waals surface area contributed by atoms with Gasteiger partial charge in [0.25, 0.3) is 0 Å². The highest BCUT2D eigenvalue weighted by Crippen LogP contribution is 2.40. The first-order valence-corrected chi connectivity index (χ1v) is 7.26. The van der Waals surface area contributed by atoms with E-state index in [1.54, 1.807) is 0 Å². The standard InChI is InChI=1S/C16H20BrNO/c1-11-10-15(2,3)18(14(19)16(4,5)17)13-9-7-6-8-12(11)13/h6-10H,1-5H3. The van der Waals surface area contributed by atoms with Crippen molar-refractivity contribution in [3.05, 3.63) is 35.9 Å². The zero-order valence-electron chi connectivity index (χ0n) is 12.1. The molecule has 1 aliphatic heterocycles. The molecule has 0 saturated carbocycles. The summed E-state index contributed by atoms with van der Waals surface area (Å²) in [5.41, 5.74) is 3.02. The lowest BCUT2D eigenvalue weighted by Crippen LogP contribution is -2.54. The summed E-state index contributed by atoms with van der Waals surface area (Å²) >= 11 is 3.49. The molecule has 0 aliphatic carbocycles. The fraction of sp³-hybridized carbons (Fsp3) is 0.438. The van der Waals surface area contributed by atoms with Crippen LogP contribution in [0.2, 0.25) is 0 Å². The van der Waals surface area contributed by atoms with Crippen molar-refractivity contribution >= 4 is 33.1 Å². The molecule has 1 amide bonds. The van der Waals surface area contributed by atoms with Crippen LogP contribution in [0.25, 0.3) is 5.57 Å². The third-order valence-electron chi connectivity index (χ3n) is 3.43. The molecule has 0 radical (unpaired) electrons. The van der Waals surface area contributed by atoms with E-state index in [9.17, 15) is 4.79 Å². The molecule has 0 atom stereocenters. The molecule has 0 saturated heterocycles. The molecule has 1 aromatic carbocycles. The predicted octanol–water partition coefficient (Wildman–Crippen LogP) is 4.39. The minimum Gasteiger partial charge on any atom is -0.302 e. The smallest absolute Gasteiger partial charge is 0.244 e. The van der Waals surface area contributed by atoms with Crippen LogP contribution >= 0.6 is 15.9 Å². The molecule has 0 unspecified atom stereocenters. The molecule has 19 heavy (non-hydrogen) atoms. The summed E-state index contributed by atoms with van der Waals surface area (Å²) in [6.07, 6.45) is 2.16. The highest BCUT2D eigenvalue weighted by Gasteiger charge is 2.40. The predicted molar refractivity (Wildman–Crippen MR) is 84.7 cm³/mol. The number of para-hydroxylation sites is 1. The number of halogens is 1. The van der Waals surface area contributed by atoms with Gasteiger partial charge in [-0.25, -0.2) is 0 Å². The van der Waals surface area contributed by atoms with Gasteiger partial charge in [0.15, 0.2) is 0 Å². The van der Waals surface area contributed by atoms with Crippen LogP contribution in [0.4, 0.5) is 5.69 Å². The normalized spacial score (nSPS) is 17.8. The molecule has 2 nitrogen and oxygen atoms in total. The van der Waals surface area contributed by atoms with Crippen molar-refractivity contribution in [2.45, 2.75) is 44.5 Å². The average molecular weight is 322 g/mol. The zero-order valence-corrected chi connectivity index (χ0v) is 13.7. The van der Waals surface area contributed by atoms with Gasteiger partial charge >= 0.3 is 0 Å². The van der Waals surface area contributed by atoms with Crippen molar-refractivity contribution in [3.8, 4) is 0 Å². The number of hydrogen-bond acceptors (Lipinski definition) is 1. The van der Waals surface area contributed by atoms with Crippen LogP contribution in [-0.4, -0.2) is 15.8 Å². The second-order valence-electron chi connectivity index (χ2n) is 6.11. The summed E-state index contributed by atoms with van der Waals surface area (Å²) in [5, 5.41) is 0. The van der Waals surface area contributed by atoms with Gasteiger partial charge in [0.05, 0.1) is 15.6 Å². The SMILES string of the molecule is CC1=CC(C)(C)N(C(=O)C(C)(C)Br)c2ccccc21. The number of carbonyl (C=O) groups is 1. The van der Waals surface area contributed by atoms with Gasteiger partial charge in [-0.2, -0.15) is 0 Å². The van der Waals surface area contributed by atoms with E-state index in [4.69, 9.17) is 0 Å². The quantitative estimate of drug-likeness (QED) is 0.702. The molecular formula is C16H20BrNO. The number of benzene rings is 1. The summed E-state index contributed by atoms with van der Waals surface area (Å²) in [6, 6.07) is 8.08. The number of fused-ring (bicyclic) bond motifs is 1. The maximum Gasteiger partial charge on any atom is 0.244 e. The minimum absolute atomic E-state index is 0.0775. The summed E-state index contributed by atoms with van der Waals surface area (Å²) in [4.78, 5) is 14.6. The van der Waals surface area contributed by atoms with Crippen molar-refractivity contribution in [2.75, 3.05) is 4.90 Å². The van der Waals surface area contributed by atoms with Gasteiger partial charge in [0.2, 0.25) is 5.91 Å². The summed E-state index contributed by atoms with van der Waals surface area (Å²) in [6.45, 7) is 10.0. The van der Waals surface area contributed by atoms with E-state index in [2.05, 4.69) is 48.8 Å². The Balaban J connectivity index is 2.63. The molecule has 0 spiro atoms. The molecule has 1 aromatic rings. The molecule has 3 heteroatoms. The fourth-order valence-electron chi connectivity index (χ4n) is 2.62. The Kier molecular flexibility index (Phi) is 3.38. The number of allylic oxidation sites excluding steroid dienone is 1. The average Bonchev–Trinajstić information content (AvgIpc) is 2.26. The summed E-state index contributed by atoms with van der Waals surface area (Å²) < 4.78 is -0.573. The second kappa shape index (κ2) is 4.48. The third-order valence-corrected chi connectivity index (χ3v) is 3.77.